The van der Waals surface area contributed by atoms with Crippen LogP contribution in [0, 0.1) is 6.92 Å². The lowest BCUT2D eigenvalue weighted by Gasteiger charge is -2.06. The maximum atomic E-state index is 11.9. The molecule has 0 aliphatic rings. The molecular weight excluding hydrogens is 258 g/mol. The Morgan fingerprint density at radius 2 is 1.89 bits per heavy atom. The molecule has 0 spiro atoms. The molecule has 0 heterocycles. The Kier molecular flexibility index (Phi) is 4.58. The average molecular weight is 274 g/mol. The van der Waals surface area contributed by atoms with Gasteiger partial charge in [0.25, 0.3) is 0 Å². The highest BCUT2D eigenvalue weighted by atomic mass is 35.5. The van der Waals surface area contributed by atoms with E-state index >= 15 is 0 Å². The molecule has 0 unspecified atom stereocenters. The summed E-state index contributed by atoms with van der Waals surface area (Å²) < 4.78 is 0. The molecule has 2 aromatic rings. The minimum absolute atomic E-state index is 0.122. The predicted octanol–water partition coefficient (Wildman–Crippen LogP) is 4.33. The van der Waals surface area contributed by atoms with Crippen molar-refractivity contribution >= 4 is 23.1 Å². The number of halogens is 1. The first-order chi connectivity index (χ1) is 9.15. The monoisotopic (exact) mass is 273 g/mol. The number of carbonyl (C=O) groups excluding carboxylic acids is 1. The van der Waals surface area contributed by atoms with Crippen molar-refractivity contribution in [2.45, 2.75) is 13.3 Å². The second-order valence-corrected chi connectivity index (χ2v) is 4.91. The Balaban J connectivity index is 1.86. The van der Waals surface area contributed by atoms with Gasteiger partial charge in [0.2, 0.25) is 0 Å². The largest absolute Gasteiger partial charge is 0.385 e. The minimum Gasteiger partial charge on any atom is -0.385 e. The quantitative estimate of drug-likeness (QED) is 0.822. The summed E-state index contributed by atoms with van der Waals surface area (Å²) in [5, 5.41) is 3.90. The lowest BCUT2D eigenvalue weighted by Crippen LogP contribution is -2.08. The van der Waals surface area contributed by atoms with Crippen molar-refractivity contribution in [2.75, 3.05) is 11.9 Å². The average Bonchev–Trinajstić information content (AvgIpc) is 2.39. The molecule has 1 N–H and O–H groups in total. The zero-order valence-electron chi connectivity index (χ0n) is 10.8. The molecule has 2 rings (SSSR count). The van der Waals surface area contributed by atoms with Gasteiger partial charge >= 0.3 is 0 Å². The van der Waals surface area contributed by atoms with E-state index in [2.05, 4.69) is 11.4 Å². The third kappa shape index (κ3) is 4.11. The maximum Gasteiger partial charge on any atom is 0.164 e. The van der Waals surface area contributed by atoms with E-state index in [0.29, 0.717) is 23.6 Å². The van der Waals surface area contributed by atoms with Gasteiger partial charge in [-0.1, -0.05) is 23.7 Å². The summed E-state index contributed by atoms with van der Waals surface area (Å²) in [5.74, 6) is 0.122. The molecule has 0 aliphatic heterocycles. The molecule has 0 radical (unpaired) electrons. The number of Topliss-reactive ketones (excluding diaryl/α,β-unsaturated/α-hetero) is 1. The Morgan fingerprint density at radius 3 is 2.58 bits per heavy atom. The van der Waals surface area contributed by atoms with Gasteiger partial charge < -0.3 is 5.32 Å². The van der Waals surface area contributed by atoms with Crippen LogP contribution in [0.15, 0.2) is 48.5 Å². The molecule has 0 aliphatic carbocycles. The van der Waals surface area contributed by atoms with Gasteiger partial charge in [0.05, 0.1) is 0 Å². The number of hydrogen-bond acceptors (Lipinski definition) is 2. The van der Waals surface area contributed by atoms with Crippen molar-refractivity contribution in [2.24, 2.45) is 0 Å². The van der Waals surface area contributed by atoms with E-state index in [1.807, 2.05) is 25.1 Å². The molecule has 0 bridgehead atoms. The molecule has 0 aromatic heterocycles. The molecular formula is C16H16ClNO. The van der Waals surface area contributed by atoms with Gasteiger partial charge in [-0.3, -0.25) is 4.79 Å². The number of rotatable bonds is 5. The van der Waals surface area contributed by atoms with Gasteiger partial charge in [-0.05, 0) is 48.9 Å². The van der Waals surface area contributed by atoms with Gasteiger partial charge in [-0.25, -0.2) is 0 Å². The van der Waals surface area contributed by atoms with Crippen molar-refractivity contribution < 1.29 is 4.79 Å². The third-order valence-corrected chi connectivity index (χ3v) is 3.12. The summed E-state index contributed by atoms with van der Waals surface area (Å²) >= 11 is 5.79. The van der Waals surface area contributed by atoms with Crippen molar-refractivity contribution in [1.29, 1.82) is 0 Å². The Hall–Kier alpha value is -1.80. The molecule has 0 saturated carbocycles. The van der Waals surface area contributed by atoms with Gasteiger partial charge in [-0.15, -0.1) is 0 Å². The fourth-order valence-electron chi connectivity index (χ4n) is 1.86. The van der Waals surface area contributed by atoms with Crippen molar-refractivity contribution in [3.8, 4) is 0 Å². The molecule has 0 saturated heterocycles. The summed E-state index contributed by atoms with van der Waals surface area (Å²) in [5.41, 5.74) is 2.95. The van der Waals surface area contributed by atoms with Crippen LogP contribution in [0.1, 0.15) is 22.3 Å². The van der Waals surface area contributed by atoms with Crippen LogP contribution in [-0.2, 0) is 0 Å². The lowest BCUT2D eigenvalue weighted by atomic mass is 10.1. The highest BCUT2D eigenvalue weighted by Gasteiger charge is 2.05. The SMILES string of the molecule is Cc1cccc(NCCC(=O)c2ccc(Cl)cc2)c1. The maximum absolute atomic E-state index is 11.9. The topological polar surface area (TPSA) is 29.1 Å². The van der Waals surface area contributed by atoms with Gasteiger partial charge in [0, 0.05) is 29.2 Å². The number of nitrogens with one attached hydrogen (secondary N) is 1. The summed E-state index contributed by atoms with van der Waals surface area (Å²) in [7, 11) is 0. The smallest absolute Gasteiger partial charge is 0.164 e. The summed E-state index contributed by atoms with van der Waals surface area (Å²) in [6.45, 7) is 2.68. The molecule has 98 valence electrons. The predicted molar refractivity (Wildman–Crippen MR) is 80.1 cm³/mol. The second-order valence-electron chi connectivity index (χ2n) is 4.48. The first-order valence-electron chi connectivity index (χ1n) is 6.24. The number of benzene rings is 2. The van der Waals surface area contributed by atoms with Crippen LogP contribution in [0.4, 0.5) is 5.69 Å². The third-order valence-electron chi connectivity index (χ3n) is 2.87. The van der Waals surface area contributed by atoms with Crippen LogP contribution in [-0.4, -0.2) is 12.3 Å². The van der Waals surface area contributed by atoms with Crippen molar-refractivity contribution in [1.82, 2.24) is 0 Å². The molecule has 0 fully saturated rings. The standard InChI is InChI=1S/C16H16ClNO/c1-12-3-2-4-15(11-12)18-10-9-16(19)13-5-7-14(17)8-6-13/h2-8,11,18H,9-10H2,1H3. The molecule has 0 amide bonds. The fraction of sp³-hybridized carbons (Fsp3) is 0.188. The minimum atomic E-state index is 0.122. The zero-order chi connectivity index (χ0) is 13.7. The number of ketones is 1. The molecule has 2 aromatic carbocycles. The number of hydrogen-bond donors (Lipinski definition) is 1. The van der Waals surface area contributed by atoms with Crippen molar-refractivity contribution in [3.05, 3.63) is 64.7 Å². The summed E-state index contributed by atoms with van der Waals surface area (Å²) in [6, 6.07) is 15.1. The molecule has 19 heavy (non-hydrogen) atoms. The zero-order valence-corrected chi connectivity index (χ0v) is 11.6. The van der Waals surface area contributed by atoms with Gasteiger partial charge in [-0.2, -0.15) is 0 Å². The van der Waals surface area contributed by atoms with E-state index in [0.717, 1.165) is 5.69 Å². The molecule has 3 heteroatoms. The van der Waals surface area contributed by atoms with E-state index in [4.69, 9.17) is 11.6 Å². The van der Waals surface area contributed by atoms with Crippen LogP contribution in [0.3, 0.4) is 0 Å². The van der Waals surface area contributed by atoms with E-state index < -0.39 is 0 Å². The first-order valence-corrected chi connectivity index (χ1v) is 6.62. The highest BCUT2D eigenvalue weighted by molar-refractivity contribution is 6.30. The molecule has 2 nitrogen and oxygen atoms in total. The van der Waals surface area contributed by atoms with E-state index in [1.54, 1.807) is 24.3 Å². The van der Waals surface area contributed by atoms with Crippen LogP contribution in [0.25, 0.3) is 0 Å². The van der Waals surface area contributed by atoms with E-state index in [1.165, 1.54) is 5.56 Å². The number of aryl methyl sites for hydroxylation is 1. The first kappa shape index (κ1) is 13.6. The lowest BCUT2D eigenvalue weighted by molar-refractivity contribution is 0.0986. The van der Waals surface area contributed by atoms with Crippen molar-refractivity contribution in [3.63, 3.8) is 0 Å². The van der Waals surface area contributed by atoms with Crippen LogP contribution in [0.5, 0.6) is 0 Å². The Morgan fingerprint density at radius 1 is 1.16 bits per heavy atom. The molecule has 0 atom stereocenters. The summed E-state index contributed by atoms with van der Waals surface area (Å²) in [6.07, 6.45) is 0.468. The van der Waals surface area contributed by atoms with Gasteiger partial charge in [0.15, 0.2) is 5.78 Å². The van der Waals surface area contributed by atoms with Crippen LogP contribution < -0.4 is 5.32 Å². The summed E-state index contributed by atoms with van der Waals surface area (Å²) in [4.78, 5) is 11.9. The van der Waals surface area contributed by atoms with Gasteiger partial charge in [0.1, 0.15) is 0 Å². The Labute approximate surface area is 118 Å². The normalized spacial score (nSPS) is 10.2. The fourth-order valence-corrected chi connectivity index (χ4v) is 1.98. The highest BCUT2D eigenvalue weighted by Crippen LogP contribution is 2.12. The van der Waals surface area contributed by atoms with Crippen LogP contribution >= 0.6 is 11.6 Å². The van der Waals surface area contributed by atoms with Crippen LogP contribution in [0.2, 0.25) is 5.02 Å². The number of carbonyl (C=O) groups is 1. The Bertz CT molecular complexity index is 563. The van der Waals surface area contributed by atoms with E-state index in [9.17, 15) is 4.79 Å². The number of anilines is 1. The van der Waals surface area contributed by atoms with E-state index in [-0.39, 0.29) is 5.78 Å². The second kappa shape index (κ2) is 6.39.